The molecule has 0 aliphatic rings. The molecule has 0 aliphatic carbocycles. The molecule has 0 aliphatic heterocycles. The Morgan fingerprint density at radius 3 is 2.50 bits per heavy atom. The lowest BCUT2D eigenvalue weighted by atomic mass is 10.0. The van der Waals surface area contributed by atoms with Crippen LogP contribution in [0, 0.1) is 11.3 Å². The maximum absolute atomic E-state index is 12.8. The Morgan fingerprint density at radius 2 is 1.83 bits per heavy atom. The molecule has 2 aromatic carbocycles. The summed E-state index contributed by atoms with van der Waals surface area (Å²) >= 11 is 7.53. The van der Waals surface area contributed by atoms with Gasteiger partial charge in [0.1, 0.15) is 11.1 Å². The quantitative estimate of drug-likeness (QED) is 0.523. The highest BCUT2D eigenvalue weighted by molar-refractivity contribution is 7.16. The first kappa shape index (κ1) is 21.6. The smallest absolute Gasteiger partial charge is 0.253 e. The minimum absolute atomic E-state index is 0.0183. The summed E-state index contributed by atoms with van der Waals surface area (Å²) in [5.41, 5.74) is 1.59. The molecule has 0 spiro atoms. The van der Waals surface area contributed by atoms with Crippen molar-refractivity contribution in [1.29, 1.82) is 5.26 Å². The summed E-state index contributed by atoms with van der Waals surface area (Å²) in [6, 6.07) is 19.4. The van der Waals surface area contributed by atoms with E-state index in [-0.39, 0.29) is 18.2 Å². The predicted octanol–water partition coefficient (Wildman–Crippen LogP) is 5.34. The van der Waals surface area contributed by atoms with Crippen LogP contribution in [-0.2, 0) is 11.2 Å². The normalized spacial score (nSPS) is 11.4. The molecule has 2 amide bonds. The molecule has 5 nitrogen and oxygen atoms in total. The van der Waals surface area contributed by atoms with Crippen molar-refractivity contribution in [1.82, 2.24) is 5.32 Å². The van der Waals surface area contributed by atoms with E-state index >= 15 is 0 Å². The molecule has 2 N–H and O–H groups in total. The molecule has 0 radical (unpaired) electrons. The summed E-state index contributed by atoms with van der Waals surface area (Å²) in [6.45, 7) is 1.99. The van der Waals surface area contributed by atoms with E-state index in [9.17, 15) is 14.9 Å². The fourth-order valence-electron chi connectivity index (χ4n) is 2.97. The van der Waals surface area contributed by atoms with Gasteiger partial charge in [0.2, 0.25) is 5.91 Å². The van der Waals surface area contributed by atoms with Gasteiger partial charge in [0.15, 0.2) is 0 Å². The Kier molecular flexibility index (Phi) is 7.23. The zero-order valence-corrected chi connectivity index (χ0v) is 17.9. The van der Waals surface area contributed by atoms with Crippen LogP contribution in [0.25, 0.3) is 0 Å². The first-order valence-electron chi connectivity index (χ1n) is 9.44. The third-order valence-corrected chi connectivity index (χ3v) is 6.04. The summed E-state index contributed by atoms with van der Waals surface area (Å²) in [6.07, 6.45) is 0.806. The molecule has 1 unspecified atom stereocenters. The van der Waals surface area contributed by atoms with Crippen LogP contribution in [0.1, 0.15) is 45.7 Å². The van der Waals surface area contributed by atoms with Gasteiger partial charge in [-0.25, -0.2) is 0 Å². The summed E-state index contributed by atoms with van der Waals surface area (Å²) in [5, 5.41) is 15.9. The number of halogens is 1. The summed E-state index contributed by atoms with van der Waals surface area (Å²) in [5.74, 6) is -0.645. The van der Waals surface area contributed by atoms with E-state index in [1.54, 1.807) is 30.3 Å². The number of carbonyl (C=O) groups excluding carboxylic acids is 2. The maximum Gasteiger partial charge on any atom is 0.253 e. The number of thiophene rings is 1. The zero-order chi connectivity index (χ0) is 21.5. The number of amides is 2. The minimum Gasteiger partial charge on any atom is -0.345 e. The van der Waals surface area contributed by atoms with Gasteiger partial charge in [-0.15, -0.1) is 11.3 Å². The number of hydrogen-bond acceptors (Lipinski definition) is 4. The number of anilines is 1. The van der Waals surface area contributed by atoms with Crippen LogP contribution >= 0.6 is 22.9 Å². The number of benzene rings is 2. The van der Waals surface area contributed by atoms with E-state index < -0.39 is 6.04 Å². The maximum atomic E-state index is 12.8. The molecule has 30 heavy (non-hydrogen) atoms. The SMILES string of the molecule is CCc1cc(C#N)c(NC(=O)CC(NC(=O)c2ccccc2Cl)c2ccccc2)s1. The Bertz CT molecular complexity index is 1090. The van der Waals surface area contributed by atoms with Gasteiger partial charge in [-0.3, -0.25) is 9.59 Å². The third-order valence-electron chi connectivity index (χ3n) is 4.52. The highest BCUT2D eigenvalue weighted by Crippen LogP contribution is 2.29. The number of nitrogens with one attached hydrogen (secondary N) is 2. The molecule has 0 fully saturated rings. The second kappa shape index (κ2) is 10.1. The van der Waals surface area contributed by atoms with E-state index in [2.05, 4.69) is 16.7 Å². The lowest BCUT2D eigenvalue weighted by molar-refractivity contribution is -0.116. The van der Waals surface area contributed by atoms with E-state index in [4.69, 9.17) is 11.6 Å². The average Bonchev–Trinajstić information content (AvgIpc) is 3.16. The fourth-order valence-corrected chi connectivity index (χ4v) is 4.16. The van der Waals surface area contributed by atoms with Crippen molar-refractivity contribution in [2.24, 2.45) is 0 Å². The van der Waals surface area contributed by atoms with Crippen LogP contribution in [0.4, 0.5) is 5.00 Å². The number of hydrogen-bond donors (Lipinski definition) is 2. The monoisotopic (exact) mass is 437 g/mol. The number of aryl methyl sites for hydroxylation is 1. The molecule has 1 heterocycles. The first-order valence-corrected chi connectivity index (χ1v) is 10.6. The Morgan fingerprint density at radius 1 is 1.13 bits per heavy atom. The molecular formula is C23H20ClN3O2S. The molecule has 0 saturated carbocycles. The largest absolute Gasteiger partial charge is 0.345 e. The lowest BCUT2D eigenvalue weighted by Gasteiger charge is -2.19. The van der Waals surface area contributed by atoms with Crippen LogP contribution in [0.5, 0.6) is 0 Å². The minimum atomic E-state index is -0.550. The van der Waals surface area contributed by atoms with Gasteiger partial charge in [0, 0.05) is 4.88 Å². The highest BCUT2D eigenvalue weighted by atomic mass is 35.5. The molecular weight excluding hydrogens is 418 g/mol. The van der Waals surface area contributed by atoms with Gasteiger partial charge in [-0.05, 0) is 30.2 Å². The van der Waals surface area contributed by atoms with Crippen LogP contribution < -0.4 is 10.6 Å². The molecule has 1 atom stereocenters. The molecule has 0 saturated heterocycles. The summed E-state index contributed by atoms with van der Waals surface area (Å²) in [4.78, 5) is 26.5. The van der Waals surface area contributed by atoms with Crippen LogP contribution in [0.3, 0.4) is 0 Å². The number of nitrogens with zero attached hydrogens (tertiary/aromatic N) is 1. The van der Waals surface area contributed by atoms with Gasteiger partial charge in [0.05, 0.1) is 28.6 Å². The van der Waals surface area contributed by atoms with Gasteiger partial charge in [-0.2, -0.15) is 5.26 Å². The van der Waals surface area contributed by atoms with Crippen molar-refractivity contribution >= 4 is 39.8 Å². The van der Waals surface area contributed by atoms with Gasteiger partial charge < -0.3 is 10.6 Å². The summed E-state index contributed by atoms with van der Waals surface area (Å²) < 4.78 is 0. The van der Waals surface area contributed by atoms with Gasteiger partial charge in [0.25, 0.3) is 5.91 Å². The van der Waals surface area contributed by atoms with Crippen LogP contribution in [-0.4, -0.2) is 11.8 Å². The van der Waals surface area contributed by atoms with Crippen molar-refractivity contribution in [3.05, 3.63) is 87.3 Å². The Labute approximate surface area is 184 Å². The molecule has 3 aromatic rings. The standard InChI is InChI=1S/C23H20ClN3O2S/c1-2-17-12-16(14-25)23(30-17)27-21(28)13-20(15-8-4-3-5-9-15)26-22(29)18-10-6-7-11-19(18)24/h3-12,20H,2,13H2,1H3,(H,26,29)(H,27,28). The molecule has 152 valence electrons. The van der Waals surface area contributed by atoms with Gasteiger partial charge >= 0.3 is 0 Å². The van der Waals surface area contributed by atoms with E-state index in [1.807, 2.05) is 37.3 Å². The fraction of sp³-hybridized carbons (Fsp3) is 0.174. The van der Waals surface area contributed by atoms with Crippen molar-refractivity contribution in [3.63, 3.8) is 0 Å². The number of nitriles is 1. The van der Waals surface area contributed by atoms with Crippen molar-refractivity contribution in [3.8, 4) is 6.07 Å². The predicted molar refractivity (Wildman–Crippen MR) is 120 cm³/mol. The Hall–Kier alpha value is -3.14. The Balaban J connectivity index is 1.79. The van der Waals surface area contributed by atoms with Crippen LogP contribution in [0.2, 0.25) is 5.02 Å². The highest BCUT2D eigenvalue weighted by Gasteiger charge is 2.21. The van der Waals surface area contributed by atoms with Gasteiger partial charge in [-0.1, -0.05) is 61.0 Å². The van der Waals surface area contributed by atoms with Crippen molar-refractivity contribution in [2.75, 3.05) is 5.32 Å². The second-order valence-corrected chi connectivity index (χ2v) is 8.13. The second-order valence-electron chi connectivity index (χ2n) is 6.59. The summed E-state index contributed by atoms with van der Waals surface area (Å²) in [7, 11) is 0. The van der Waals surface area contributed by atoms with E-state index in [1.165, 1.54) is 11.3 Å². The number of rotatable bonds is 7. The lowest BCUT2D eigenvalue weighted by Crippen LogP contribution is -2.31. The van der Waals surface area contributed by atoms with Crippen molar-refractivity contribution in [2.45, 2.75) is 25.8 Å². The molecule has 1 aromatic heterocycles. The van der Waals surface area contributed by atoms with E-state index in [0.29, 0.717) is 21.2 Å². The number of carbonyl (C=O) groups is 2. The third kappa shape index (κ3) is 5.26. The van der Waals surface area contributed by atoms with E-state index in [0.717, 1.165) is 16.9 Å². The molecule has 0 bridgehead atoms. The van der Waals surface area contributed by atoms with Crippen molar-refractivity contribution < 1.29 is 9.59 Å². The zero-order valence-electron chi connectivity index (χ0n) is 16.3. The average molecular weight is 438 g/mol. The molecule has 7 heteroatoms. The topological polar surface area (TPSA) is 82.0 Å². The molecule has 3 rings (SSSR count). The van der Waals surface area contributed by atoms with Crippen LogP contribution in [0.15, 0.2) is 60.7 Å². The first-order chi connectivity index (χ1) is 14.5.